The van der Waals surface area contributed by atoms with E-state index in [1.165, 1.54) is 32.3 Å². The lowest BCUT2D eigenvalue weighted by Gasteiger charge is -2.25. The number of pyridine rings is 2. The van der Waals surface area contributed by atoms with Gasteiger partial charge in [-0.25, -0.2) is 0 Å². The molecule has 0 unspecified atom stereocenters. The molecule has 0 amide bonds. The van der Waals surface area contributed by atoms with Gasteiger partial charge in [0.2, 0.25) is 0 Å². The first kappa shape index (κ1) is 29.3. The van der Waals surface area contributed by atoms with E-state index in [0.29, 0.717) is 0 Å². The van der Waals surface area contributed by atoms with Crippen LogP contribution in [-0.2, 0) is 4.57 Å². The second-order valence-corrected chi connectivity index (χ2v) is 16.4. The highest BCUT2D eigenvalue weighted by Crippen LogP contribution is 2.50. The Labute approximate surface area is 299 Å². The fourth-order valence-electron chi connectivity index (χ4n) is 8.71. The minimum Gasteiger partial charge on any atom is -0.309 e. The zero-order chi connectivity index (χ0) is 34.4. The van der Waals surface area contributed by atoms with Crippen LogP contribution in [0.1, 0.15) is 0 Å². The Bertz CT molecular complexity index is 3000. The van der Waals surface area contributed by atoms with Crippen molar-refractivity contribution in [3.05, 3.63) is 176 Å². The Morgan fingerprint density at radius 2 is 0.769 bits per heavy atom. The predicted octanol–water partition coefficient (Wildman–Crippen LogP) is 11.2. The van der Waals surface area contributed by atoms with Gasteiger partial charge in [-0.1, -0.05) is 127 Å². The third-order valence-electron chi connectivity index (χ3n) is 11.0. The van der Waals surface area contributed by atoms with Gasteiger partial charge in [0.05, 0.1) is 0 Å². The van der Waals surface area contributed by atoms with Crippen molar-refractivity contribution in [2.45, 2.75) is 0 Å². The summed E-state index contributed by atoms with van der Waals surface area (Å²) in [7, 11) is -3.45. The minimum atomic E-state index is -3.45. The molecule has 0 fully saturated rings. The molecule has 11 rings (SSSR count). The van der Waals surface area contributed by atoms with Gasteiger partial charge in [-0.3, -0.25) is 9.97 Å². The molecule has 0 spiro atoms. The van der Waals surface area contributed by atoms with Crippen LogP contribution in [0.2, 0.25) is 0 Å². The summed E-state index contributed by atoms with van der Waals surface area (Å²) in [5, 5.41) is 16.2. The van der Waals surface area contributed by atoms with Gasteiger partial charge in [-0.2, -0.15) is 0 Å². The molecule has 52 heavy (non-hydrogen) atoms. The van der Waals surface area contributed by atoms with E-state index in [2.05, 4.69) is 119 Å². The Morgan fingerprint density at radius 1 is 0.365 bits per heavy atom. The molecule has 2 aromatic heterocycles. The average Bonchev–Trinajstić information content (AvgIpc) is 3.22. The summed E-state index contributed by atoms with van der Waals surface area (Å²) in [5.41, 5.74) is 4.44. The average molecular weight is 681 g/mol. The highest BCUT2D eigenvalue weighted by molar-refractivity contribution is 7.86. The lowest BCUT2D eigenvalue weighted by Crippen LogP contribution is -2.26. The number of hydrogen-bond donors (Lipinski definition) is 0. The summed E-state index contributed by atoms with van der Waals surface area (Å²) in [6.07, 6.45) is 7.47. The summed E-state index contributed by atoms with van der Waals surface area (Å²) in [6.45, 7) is 0. The van der Waals surface area contributed by atoms with Crippen LogP contribution in [0.15, 0.2) is 176 Å². The molecule has 4 heteroatoms. The molecule has 0 bridgehead atoms. The Kier molecular flexibility index (Phi) is 6.23. The van der Waals surface area contributed by atoms with Crippen molar-refractivity contribution < 1.29 is 4.57 Å². The van der Waals surface area contributed by atoms with Crippen LogP contribution in [0.3, 0.4) is 0 Å². The Hall–Kier alpha value is -6.41. The van der Waals surface area contributed by atoms with Crippen LogP contribution in [0, 0.1) is 0 Å². The zero-order valence-electron chi connectivity index (χ0n) is 28.0. The van der Waals surface area contributed by atoms with E-state index in [4.69, 9.17) is 0 Å². The van der Waals surface area contributed by atoms with Crippen LogP contribution in [-0.4, -0.2) is 9.97 Å². The van der Waals surface area contributed by atoms with E-state index < -0.39 is 7.14 Å². The maximum absolute atomic E-state index is 16.7. The van der Waals surface area contributed by atoms with E-state index in [0.717, 1.165) is 70.5 Å². The van der Waals surface area contributed by atoms with Gasteiger partial charge in [-0.05, 0) is 100 Å². The molecule has 9 aromatic carbocycles. The van der Waals surface area contributed by atoms with Crippen molar-refractivity contribution in [2.75, 3.05) is 0 Å². The molecule has 0 aliphatic rings. The minimum absolute atomic E-state index is 0.826. The number of benzene rings is 9. The van der Waals surface area contributed by atoms with Crippen LogP contribution in [0.4, 0.5) is 0 Å². The monoisotopic (exact) mass is 680 g/mol. The number of rotatable bonds is 5. The molecule has 0 aliphatic heterocycles. The molecule has 3 nitrogen and oxygen atoms in total. The van der Waals surface area contributed by atoms with Crippen molar-refractivity contribution in [1.82, 2.24) is 9.97 Å². The Morgan fingerprint density at radius 3 is 1.21 bits per heavy atom. The Balaban J connectivity index is 1.24. The lowest BCUT2D eigenvalue weighted by atomic mass is 9.90. The normalized spacial score (nSPS) is 12.3. The summed E-state index contributed by atoms with van der Waals surface area (Å²) >= 11 is 0. The van der Waals surface area contributed by atoms with Crippen LogP contribution < -0.4 is 15.9 Å². The second-order valence-electron chi connectivity index (χ2n) is 13.7. The number of aromatic nitrogens is 2. The molecule has 0 saturated heterocycles. The molecule has 2 heterocycles. The molecule has 11 aromatic rings. The van der Waals surface area contributed by atoms with Gasteiger partial charge in [0.15, 0.2) is 7.14 Å². The molecule has 0 saturated carbocycles. The first-order valence-electron chi connectivity index (χ1n) is 17.6. The van der Waals surface area contributed by atoms with Gasteiger partial charge in [0, 0.05) is 51.8 Å². The summed E-state index contributed by atoms with van der Waals surface area (Å²) < 4.78 is 16.7. The molecule has 0 atom stereocenters. The summed E-state index contributed by atoms with van der Waals surface area (Å²) in [5.74, 6) is 0. The van der Waals surface area contributed by atoms with Crippen molar-refractivity contribution in [3.8, 4) is 22.3 Å². The number of nitrogens with zero attached hydrogens (tertiary/aromatic N) is 2. The molecule has 0 aliphatic carbocycles. The van der Waals surface area contributed by atoms with Crippen LogP contribution in [0.25, 0.3) is 86.9 Å². The van der Waals surface area contributed by atoms with E-state index in [-0.39, 0.29) is 0 Å². The summed E-state index contributed by atoms with van der Waals surface area (Å²) in [6, 6.07) is 53.3. The van der Waals surface area contributed by atoms with Crippen molar-refractivity contribution in [1.29, 1.82) is 0 Å². The molecule has 0 radical (unpaired) electrons. The van der Waals surface area contributed by atoms with Crippen molar-refractivity contribution >= 4 is 87.7 Å². The maximum Gasteiger partial charge on any atom is 0.172 e. The molecule has 0 N–H and O–H groups in total. The van der Waals surface area contributed by atoms with Crippen molar-refractivity contribution in [2.24, 2.45) is 0 Å². The molecular weight excluding hydrogens is 652 g/mol. The fraction of sp³-hybridized carbons (Fsp3) is 0. The van der Waals surface area contributed by atoms with Gasteiger partial charge in [0.25, 0.3) is 0 Å². The lowest BCUT2D eigenvalue weighted by molar-refractivity contribution is 0.593. The van der Waals surface area contributed by atoms with Gasteiger partial charge in [0.1, 0.15) is 0 Å². The predicted molar refractivity (Wildman–Crippen MR) is 220 cm³/mol. The van der Waals surface area contributed by atoms with E-state index in [9.17, 15) is 0 Å². The van der Waals surface area contributed by atoms with Gasteiger partial charge in [-0.15, -0.1) is 0 Å². The van der Waals surface area contributed by atoms with E-state index in [1.54, 1.807) is 0 Å². The van der Waals surface area contributed by atoms with Crippen LogP contribution in [0.5, 0.6) is 0 Å². The van der Waals surface area contributed by atoms with E-state index in [1.807, 2.05) is 67.3 Å². The van der Waals surface area contributed by atoms with Crippen molar-refractivity contribution in [3.63, 3.8) is 0 Å². The fourth-order valence-corrected chi connectivity index (χ4v) is 11.7. The first-order chi connectivity index (χ1) is 25.7. The van der Waals surface area contributed by atoms with Gasteiger partial charge >= 0.3 is 0 Å². The third kappa shape index (κ3) is 4.06. The van der Waals surface area contributed by atoms with E-state index >= 15 is 4.57 Å². The van der Waals surface area contributed by atoms with Gasteiger partial charge < -0.3 is 4.57 Å². The summed E-state index contributed by atoms with van der Waals surface area (Å²) in [4.78, 5) is 8.84. The standard InChI is InChI=1S/C48H29N2OP/c51-52(36-8-2-1-3-9-36,43-24-16-32-12-20-39-37(34-6-4-26-49-28-34)18-10-30-14-22-41(43)47(32)45(30)39)44-25-17-33-13-21-40-38(35-7-5-27-50-29-35)19-11-31-15-23-42(44)48(33)46(31)40/h1-29H. The van der Waals surface area contributed by atoms with Crippen LogP contribution >= 0.6 is 7.14 Å². The second kappa shape index (κ2) is 11.0. The molecular formula is C48H29N2OP. The zero-order valence-corrected chi connectivity index (χ0v) is 28.9. The topological polar surface area (TPSA) is 42.9 Å². The largest absolute Gasteiger partial charge is 0.309 e. The highest BCUT2D eigenvalue weighted by atomic mass is 31.2. The smallest absolute Gasteiger partial charge is 0.172 e. The third-order valence-corrected chi connectivity index (χ3v) is 14.2. The molecule has 242 valence electrons. The first-order valence-corrected chi connectivity index (χ1v) is 19.3. The maximum atomic E-state index is 16.7. The quantitative estimate of drug-likeness (QED) is 0.134. The number of hydrogen-bond acceptors (Lipinski definition) is 3. The highest BCUT2D eigenvalue weighted by Gasteiger charge is 2.34. The SMILES string of the molecule is O=P(c1ccccc1)(c1ccc2ccc3c(-c4cccnc4)ccc4ccc1c2c43)c1ccc2ccc3c(-c4cccnc4)ccc4ccc1c2c43.